The highest BCUT2D eigenvalue weighted by Gasteiger charge is 2.36. The van der Waals surface area contributed by atoms with E-state index in [9.17, 15) is 23.1 Å². The minimum Gasteiger partial charge on any atom is -0.481 e. The van der Waals surface area contributed by atoms with Crippen LogP contribution in [0, 0.1) is 0 Å². The Kier molecular flexibility index (Phi) is 4.02. The molecular formula is C13H16N2O5S. The number of nitrogens with zero attached hydrogens (tertiary/aromatic N) is 2. The second-order valence-corrected chi connectivity index (χ2v) is 7.06. The molecule has 1 aromatic carbocycles. The van der Waals surface area contributed by atoms with Gasteiger partial charge in [-0.2, -0.15) is 4.31 Å². The highest BCUT2D eigenvalue weighted by Crippen LogP contribution is 2.36. The molecule has 0 fully saturated rings. The number of carboxylic acids is 1. The van der Waals surface area contributed by atoms with Crippen LogP contribution in [0.5, 0.6) is 0 Å². The predicted molar refractivity (Wildman–Crippen MR) is 76.6 cm³/mol. The lowest BCUT2D eigenvalue weighted by Gasteiger charge is -2.21. The first-order valence-electron chi connectivity index (χ1n) is 6.25. The van der Waals surface area contributed by atoms with Crippen molar-refractivity contribution >= 4 is 27.6 Å². The van der Waals surface area contributed by atoms with Crippen molar-refractivity contribution < 1.29 is 23.1 Å². The Morgan fingerprint density at radius 3 is 2.57 bits per heavy atom. The molecule has 1 heterocycles. The molecule has 0 radical (unpaired) electrons. The number of para-hydroxylation sites is 1. The maximum absolute atomic E-state index is 12.3. The van der Waals surface area contributed by atoms with Crippen molar-refractivity contribution in [3.05, 3.63) is 29.8 Å². The lowest BCUT2D eigenvalue weighted by molar-refractivity contribution is -0.138. The summed E-state index contributed by atoms with van der Waals surface area (Å²) < 4.78 is 23.7. The third kappa shape index (κ3) is 3.06. The number of carboxylic acid groups (broad SMARTS) is 1. The van der Waals surface area contributed by atoms with E-state index in [-0.39, 0.29) is 13.1 Å². The van der Waals surface area contributed by atoms with E-state index < -0.39 is 27.8 Å². The van der Waals surface area contributed by atoms with Gasteiger partial charge in [0.1, 0.15) is 5.92 Å². The number of amides is 1. The third-order valence-corrected chi connectivity index (χ3v) is 4.75. The summed E-state index contributed by atoms with van der Waals surface area (Å²) in [5.41, 5.74) is 1.09. The molecule has 8 heteroatoms. The largest absolute Gasteiger partial charge is 0.481 e. The van der Waals surface area contributed by atoms with Gasteiger partial charge in [0.25, 0.3) is 0 Å². The molecule has 1 N–H and O–H groups in total. The zero-order valence-corrected chi connectivity index (χ0v) is 12.5. The van der Waals surface area contributed by atoms with Gasteiger partial charge < -0.3 is 10.0 Å². The predicted octanol–water partition coefficient (Wildman–Crippen LogP) is 0.0928. The number of fused-ring (bicyclic) bond motifs is 1. The molecule has 0 unspecified atom stereocenters. The molecule has 21 heavy (non-hydrogen) atoms. The first-order valence-corrected chi connectivity index (χ1v) is 8.10. The first kappa shape index (κ1) is 15.5. The van der Waals surface area contributed by atoms with Crippen molar-refractivity contribution in [1.29, 1.82) is 0 Å². The standard InChI is InChI=1S/C13H16N2O5S/c1-14(21(2,19)20)8-12(16)15-7-10(13(17)18)9-5-3-4-6-11(9)15/h3-6,10H,7-8H2,1-2H3,(H,17,18)/t10-/m1/s1. The van der Waals surface area contributed by atoms with E-state index in [0.29, 0.717) is 11.3 Å². The number of carbonyl (C=O) groups excluding carboxylic acids is 1. The number of benzene rings is 1. The van der Waals surface area contributed by atoms with Gasteiger partial charge in [-0.05, 0) is 11.6 Å². The van der Waals surface area contributed by atoms with Crippen LogP contribution in [0.15, 0.2) is 24.3 Å². The van der Waals surface area contributed by atoms with Gasteiger partial charge in [0.05, 0.1) is 12.8 Å². The summed E-state index contributed by atoms with van der Waals surface area (Å²) in [5, 5.41) is 9.23. The fraction of sp³-hybridized carbons (Fsp3) is 0.385. The minimum atomic E-state index is -3.47. The highest BCUT2D eigenvalue weighted by molar-refractivity contribution is 7.88. The van der Waals surface area contributed by atoms with Crippen LogP contribution >= 0.6 is 0 Å². The van der Waals surface area contributed by atoms with E-state index in [1.165, 1.54) is 11.9 Å². The molecule has 7 nitrogen and oxygen atoms in total. The van der Waals surface area contributed by atoms with Crippen molar-refractivity contribution in [3.63, 3.8) is 0 Å². The van der Waals surface area contributed by atoms with Crippen LogP contribution in [0.2, 0.25) is 0 Å². The van der Waals surface area contributed by atoms with Crippen LogP contribution < -0.4 is 4.90 Å². The molecule has 1 aromatic rings. The van der Waals surface area contributed by atoms with E-state index in [1.54, 1.807) is 24.3 Å². The van der Waals surface area contributed by atoms with Crippen LogP contribution in [0.25, 0.3) is 0 Å². The number of anilines is 1. The van der Waals surface area contributed by atoms with Crippen LogP contribution in [0.1, 0.15) is 11.5 Å². The zero-order valence-electron chi connectivity index (χ0n) is 11.7. The van der Waals surface area contributed by atoms with Crippen molar-refractivity contribution in [1.82, 2.24) is 4.31 Å². The molecule has 1 atom stereocenters. The number of rotatable bonds is 4. The SMILES string of the molecule is CN(CC(=O)N1C[C@@H](C(=O)O)c2ccccc21)S(C)(=O)=O. The minimum absolute atomic E-state index is 0.0190. The second-order valence-electron chi connectivity index (χ2n) is 4.97. The van der Waals surface area contributed by atoms with Gasteiger partial charge in [-0.25, -0.2) is 8.42 Å². The molecule has 0 saturated carbocycles. The molecule has 0 aliphatic carbocycles. The Hall–Kier alpha value is -1.93. The number of hydrogen-bond acceptors (Lipinski definition) is 4. The fourth-order valence-corrected chi connectivity index (χ4v) is 2.59. The fourth-order valence-electron chi connectivity index (χ4n) is 2.25. The highest BCUT2D eigenvalue weighted by atomic mass is 32.2. The van der Waals surface area contributed by atoms with Crippen molar-refractivity contribution in [2.24, 2.45) is 0 Å². The monoisotopic (exact) mass is 312 g/mol. The Labute approximate surface area is 122 Å². The maximum Gasteiger partial charge on any atom is 0.312 e. The molecule has 114 valence electrons. The first-order chi connectivity index (χ1) is 9.71. The Morgan fingerprint density at radius 2 is 2.00 bits per heavy atom. The summed E-state index contributed by atoms with van der Waals surface area (Å²) in [6.07, 6.45) is 1.01. The maximum atomic E-state index is 12.3. The van der Waals surface area contributed by atoms with Gasteiger partial charge in [-0.3, -0.25) is 9.59 Å². The van der Waals surface area contributed by atoms with Gasteiger partial charge >= 0.3 is 5.97 Å². The molecule has 0 bridgehead atoms. The summed E-state index contributed by atoms with van der Waals surface area (Å²) >= 11 is 0. The van der Waals surface area contributed by atoms with Crippen molar-refractivity contribution in [2.45, 2.75) is 5.92 Å². The lowest BCUT2D eigenvalue weighted by Crippen LogP contribution is -2.40. The average Bonchev–Trinajstić information content (AvgIpc) is 2.77. The number of sulfonamides is 1. The van der Waals surface area contributed by atoms with E-state index in [0.717, 1.165) is 10.6 Å². The quantitative estimate of drug-likeness (QED) is 0.850. The van der Waals surface area contributed by atoms with Gasteiger partial charge in [0, 0.05) is 19.3 Å². The average molecular weight is 312 g/mol. The third-order valence-electron chi connectivity index (χ3n) is 3.49. The molecule has 0 aromatic heterocycles. The normalized spacial score (nSPS) is 17.9. The Morgan fingerprint density at radius 1 is 1.38 bits per heavy atom. The van der Waals surface area contributed by atoms with Crippen LogP contribution in [0.3, 0.4) is 0 Å². The van der Waals surface area contributed by atoms with Crippen LogP contribution in [-0.4, -0.2) is 56.1 Å². The topological polar surface area (TPSA) is 95.0 Å². The van der Waals surface area contributed by atoms with Gasteiger partial charge in [0.15, 0.2) is 0 Å². The van der Waals surface area contributed by atoms with Gasteiger partial charge in [-0.15, -0.1) is 0 Å². The number of carbonyl (C=O) groups is 2. The van der Waals surface area contributed by atoms with Gasteiger partial charge in [0.2, 0.25) is 15.9 Å². The summed E-state index contributed by atoms with van der Waals surface area (Å²) in [5.74, 6) is -2.23. The molecule has 1 amide bonds. The van der Waals surface area contributed by atoms with Crippen LogP contribution in [-0.2, 0) is 19.6 Å². The summed E-state index contributed by atoms with van der Waals surface area (Å²) in [7, 11) is -2.16. The Bertz CT molecular complexity index is 686. The number of aliphatic carboxylic acids is 1. The molecule has 1 aliphatic rings. The summed E-state index contributed by atoms with van der Waals surface area (Å²) in [6, 6.07) is 6.76. The van der Waals surface area contributed by atoms with Gasteiger partial charge in [-0.1, -0.05) is 18.2 Å². The second kappa shape index (κ2) is 5.45. The number of hydrogen-bond donors (Lipinski definition) is 1. The van der Waals surface area contributed by atoms with Crippen molar-refractivity contribution in [2.75, 3.05) is 31.3 Å². The smallest absolute Gasteiger partial charge is 0.312 e. The molecular weight excluding hydrogens is 296 g/mol. The summed E-state index contributed by atoms with van der Waals surface area (Å²) in [6.45, 7) is -0.301. The van der Waals surface area contributed by atoms with E-state index in [2.05, 4.69) is 0 Å². The summed E-state index contributed by atoms with van der Waals surface area (Å²) in [4.78, 5) is 24.9. The van der Waals surface area contributed by atoms with E-state index in [1.807, 2.05) is 0 Å². The number of likely N-dealkylation sites (N-methyl/N-ethyl adjacent to an activating group) is 1. The Balaban J connectivity index is 2.26. The van der Waals surface area contributed by atoms with Crippen LogP contribution in [0.4, 0.5) is 5.69 Å². The van der Waals surface area contributed by atoms with E-state index in [4.69, 9.17) is 0 Å². The van der Waals surface area contributed by atoms with E-state index >= 15 is 0 Å². The molecule has 1 aliphatic heterocycles. The lowest BCUT2D eigenvalue weighted by atomic mass is 10.0. The molecule has 0 spiro atoms. The molecule has 0 saturated heterocycles. The molecule has 2 rings (SSSR count). The zero-order chi connectivity index (χ0) is 15.8. The van der Waals surface area contributed by atoms with Crippen molar-refractivity contribution in [3.8, 4) is 0 Å².